The molecule has 10 rings (SSSR count). The maximum absolute atomic E-state index is 14.1. The summed E-state index contributed by atoms with van der Waals surface area (Å²) in [5, 5.41) is 8.48. The smallest absolute Gasteiger partial charge is 0.240 e. The van der Waals surface area contributed by atoms with Gasteiger partial charge in [-0.1, -0.05) is 30.3 Å². The van der Waals surface area contributed by atoms with E-state index in [2.05, 4.69) is 20.6 Å². The van der Waals surface area contributed by atoms with Crippen molar-refractivity contribution in [1.29, 1.82) is 0 Å². The van der Waals surface area contributed by atoms with Crippen LogP contribution in [0.25, 0.3) is 44.7 Å². The minimum atomic E-state index is -0.334. The minimum absolute atomic E-state index is 0.315. The average Bonchev–Trinajstić information content (AvgIpc) is 3.86. The Morgan fingerprint density at radius 2 is 1.35 bits per heavy atom. The topological polar surface area (TPSA) is 110 Å². The van der Waals surface area contributed by atoms with Gasteiger partial charge in [0.15, 0.2) is 5.82 Å². The van der Waals surface area contributed by atoms with Crippen LogP contribution in [0.4, 0.5) is 37.2 Å². The summed E-state index contributed by atoms with van der Waals surface area (Å²) in [6, 6.07) is 28.4. The SMILES string of the molecule is Fc1cccc(Nc2cccc3c2C(c2nc4ncnc5nc(-n6cnc7cccc(Nc8cccc(F)c8)c76)c6ccc2c6n45)C=N3)c1. The van der Waals surface area contributed by atoms with Gasteiger partial charge in [0.2, 0.25) is 11.6 Å². The van der Waals surface area contributed by atoms with Crippen LogP contribution in [0.3, 0.4) is 0 Å². The summed E-state index contributed by atoms with van der Waals surface area (Å²) in [4.78, 5) is 28.6. The van der Waals surface area contributed by atoms with Gasteiger partial charge in [0.1, 0.15) is 24.3 Å². The highest BCUT2D eigenvalue weighted by Crippen LogP contribution is 2.45. The first kappa shape index (κ1) is 27.3. The number of aromatic nitrogens is 7. The zero-order valence-electron chi connectivity index (χ0n) is 25.4. The predicted octanol–water partition coefficient (Wildman–Crippen LogP) is 8.22. The summed E-state index contributed by atoms with van der Waals surface area (Å²) in [6.45, 7) is 0. The molecule has 1 unspecified atom stereocenters. The molecule has 1 aliphatic heterocycles. The molecule has 0 spiro atoms. The Morgan fingerprint density at radius 3 is 2.14 bits per heavy atom. The molecule has 1 aliphatic rings. The van der Waals surface area contributed by atoms with Crippen LogP contribution in [-0.4, -0.2) is 40.1 Å². The molecule has 12 heteroatoms. The Morgan fingerprint density at radius 1 is 0.653 bits per heavy atom. The molecular weight excluding hydrogens is 622 g/mol. The molecule has 2 N–H and O–H groups in total. The van der Waals surface area contributed by atoms with Gasteiger partial charge in [-0.3, -0.25) is 9.56 Å². The third-order valence-corrected chi connectivity index (χ3v) is 8.89. The fourth-order valence-electron chi connectivity index (χ4n) is 6.85. The number of nitrogens with zero attached hydrogens (tertiary/aromatic N) is 8. The van der Waals surface area contributed by atoms with Crippen LogP contribution in [-0.2, 0) is 0 Å². The molecular formula is C37H22F2N10. The molecule has 49 heavy (non-hydrogen) atoms. The number of imidazole rings is 1. The standard InChI is InChI=1S/C37H22F2N10/c38-20-5-1-7-22(15-20)44-28-10-3-9-27-31(28)26(17-40-27)32-24-13-14-25-33(24)49-36(46-32)41-18-42-37(49)47-35(25)48-19-43-29-11-4-12-30(34(29)48)45-23-8-2-6-21(39)16-23/h1-19,26,44-45H. The average molecular weight is 645 g/mol. The Kier molecular flexibility index (Phi) is 5.76. The number of hydrogen-bond donors (Lipinski definition) is 2. The number of anilines is 4. The van der Waals surface area contributed by atoms with Gasteiger partial charge >= 0.3 is 0 Å². The van der Waals surface area contributed by atoms with Crippen molar-refractivity contribution >= 4 is 73.5 Å². The number of halogens is 2. The van der Waals surface area contributed by atoms with Crippen LogP contribution in [0, 0.1) is 11.6 Å². The van der Waals surface area contributed by atoms with Gasteiger partial charge in [-0.15, -0.1) is 0 Å². The zero-order valence-corrected chi connectivity index (χ0v) is 25.4. The maximum Gasteiger partial charge on any atom is 0.240 e. The number of hydrogen-bond acceptors (Lipinski definition) is 8. The van der Waals surface area contributed by atoms with Crippen LogP contribution >= 0.6 is 0 Å². The summed E-state index contributed by atoms with van der Waals surface area (Å²) < 4.78 is 32.0. The molecule has 9 aromatic rings. The number of benzene rings is 4. The van der Waals surface area contributed by atoms with Crippen molar-refractivity contribution in [1.82, 2.24) is 33.9 Å². The zero-order chi connectivity index (χ0) is 32.6. The molecule has 5 aromatic carbocycles. The fourth-order valence-corrected chi connectivity index (χ4v) is 6.85. The summed E-state index contributed by atoms with van der Waals surface area (Å²) >= 11 is 0. The summed E-state index contributed by atoms with van der Waals surface area (Å²) in [5.41, 5.74) is 7.68. The molecule has 1 atom stereocenters. The van der Waals surface area contributed by atoms with E-state index in [1.165, 1.54) is 30.6 Å². The molecule has 10 nitrogen and oxygen atoms in total. The van der Waals surface area contributed by atoms with E-state index in [-0.39, 0.29) is 17.6 Å². The Balaban J connectivity index is 1.16. The van der Waals surface area contributed by atoms with Crippen molar-refractivity contribution in [3.05, 3.63) is 133 Å². The number of rotatable bonds is 6. The molecule has 0 radical (unpaired) electrons. The Hall–Kier alpha value is -6.82. The highest BCUT2D eigenvalue weighted by atomic mass is 19.1. The highest BCUT2D eigenvalue weighted by Gasteiger charge is 2.30. The van der Waals surface area contributed by atoms with Crippen molar-refractivity contribution in [3.63, 3.8) is 0 Å². The van der Waals surface area contributed by atoms with Crippen LogP contribution in [0.15, 0.2) is 115 Å². The number of aliphatic imine (C=N–C) groups is 1. The lowest BCUT2D eigenvalue weighted by atomic mass is 9.93. The van der Waals surface area contributed by atoms with Crippen molar-refractivity contribution in [2.45, 2.75) is 5.92 Å². The lowest BCUT2D eigenvalue weighted by Crippen LogP contribution is -2.12. The summed E-state index contributed by atoms with van der Waals surface area (Å²) in [7, 11) is 0. The molecule has 234 valence electrons. The van der Waals surface area contributed by atoms with E-state index < -0.39 is 0 Å². The van der Waals surface area contributed by atoms with Crippen molar-refractivity contribution in [3.8, 4) is 5.82 Å². The second-order valence-electron chi connectivity index (χ2n) is 11.8. The van der Waals surface area contributed by atoms with Crippen LogP contribution < -0.4 is 10.6 Å². The lowest BCUT2D eigenvalue weighted by Gasteiger charge is -2.18. The van der Waals surface area contributed by atoms with Crippen LogP contribution in [0.5, 0.6) is 0 Å². The number of nitrogens with one attached hydrogen (secondary N) is 2. The fraction of sp³-hybridized carbons (Fsp3) is 0.0270. The molecule has 0 saturated carbocycles. The maximum atomic E-state index is 14.1. The molecule has 0 bridgehead atoms. The molecule has 4 aromatic heterocycles. The van der Waals surface area contributed by atoms with E-state index in [4.69, 9.17) is 19.9 Å². The predicted molar refractivity (Wildman–Crippen MR) is 185 cm³/mol. The Bertz CT molecular complexity index is 2790. The van der Waals surface area contributed by atoms with E-state index in [0.717, 1.165) is 55.6 Å². The van der Waals surface area contributed by atoms with Gasteiger partial charge in [0.25, 0.3) is 0 Å². The van der Waals surface area contributed by atoms with E-state index >= 15 is 0 Å². The minimum Gasteiger partial charge on any atom is -0.355 e. The van der Waals surface area contributed by atoms with Gasteiger partial charge in [0.05, 0.1) is 39.5 Å². The monoisotopic (exact) mass is 644 g/mol. The quantitative estimate of drug-likeness (QED) is 0.188. The second kappa shape index (κ2) is 10.3. The van der Waals surface area contributed by atoms with E-state index in [0.29, 0.717) is 28.7 Å². The second-order valence-corrected chi connectivity index (χ2v) is 11.8. The van der Waals surface area contributed by atoms with Gasteiger partial charge in [-0.2, -0.15) is 4.98 Å². The Labute approximate surface area is 275 Å². The number of para-hydroxylation sites is 1. The first-order chi connectivity index (χ1) is 24.1. The van der Waals surface area contributed by atoms with Gasteiger partial charge in [0, 0.05) is 39.6 Å². The molecule has 0 amide bonds. The van der Waals surface area contributed by atoms with E-state index in [9.17, 15) is 8.78 Å². The first-order valence-corrected chi connectivity index (χ1v) is 15.5. The highest BCUT2D eigenvalue weighted by molar-refractivity contribution is 6.07. The van der Waals surface area contributed by atoms with E-state index in [1.807, 2.05) is 75.8 Å². The molecule has 5 heterocycles. The van der Waals surface area contributed by atoms with Gasteiger partial charge in [-0.25, -0.2) is 33.1 Å². The molecule has 0 aliphatic carbocycles. The third-order valence-electron chi connectivity index (χ3n) is 8.89. The first-order valence-electron chi connectivity index (χ1n) is 15.5. The normalized spacial score (nSPS) is 14.0. The van der Waals surface area contributed by atoms with Gasteiger partial charge < -0.3 is 10.6 Å². The molecule has 0 saturated heterocycles. The van der Waals surface area contributed by atoms with Crippen LogP contribution in [0.1, 0.15) is 17.2 Å². The third kappa shape index (κ3) is 4.23. The molecule has 0 fully saturated rings. The largest absolute Gasteiger partial charge is 0.355 e. The lowest BCUT2D eigenvalue weighted by molar-refractivity contribution is 0.628. The van der Waals surface area contributed by atoms with Crippen molar-refractivity contribution < 1.29 is 8.78 Å². The summed E-state index contributed by atoms with van der Waals surface area (Å²) in [6.07, 6.45) is 5.08. The van der Waals surface area contributed by atoms with E-state index in [1.54, 1.807) is 18.5 Å². The van der Waals surface area contributed by atoms with Gasteiger partial charge in [-0.05, 0) is 66.7 Å². The van der Waals surface area contributed by atoms with Crippen molar-refractivity contribution in [2.75, 3.05) is 10.6 Å². The van der Waals surface area contributed by atoms with Crippen molar-refractivity contribution in [2.24, 2.45) is 4.99 Å². The summed E-state index contributed by atoms with van der Waals surface area (Å²) in [5.74, 6) is 0.522. The number of fused-ring (bicyclic) bond motifs is 2. The van der Waals surface area contributed by atoms with Crippen LogP contribution in [0.2, 0.25) is 0 Å².